The lowest BCUT2D eigenvalue weighted by atomic mass is 10.1. The summed E-state index contributed by atoms with van der Waals surface area (Å²) in [5.74, 6) is -2.05. The number of amides is 1. The summed E-state index contributed by atoms with van der Waals surface area (Å²) in [5, 5.41) is 2.90. The minimum Gasteiger partial charge on any atom is -0.315 e. The zero-order valence-electron chi connectivity index (χ0n) is 10.4. The van der Waals surface area contributed by atoms with Crippen molar-refractivity contribution in [2.75, 3.05) is 6.54 Å². The van der Waals surface area contributed by atoms with Gasteiger partial charge < -0.3 is 4.90 Å². The van der Waals surface area contributed by atoms with Gasteiger partial charge in [-0.1, -0.05) is 0 Å². The van der Waals surface area contributed by atoms with Crippen molar-refractivity contribution >= 4 is 5.91 Å². The van der Waals surface area contributed by atoms with Crippen LogP contribution in [0.1, 0.15) is 24.6 Å². The van der Waals surface area contributed by atoms with Crippen molar-refractivity contribution in [3.63, 3.8) is 0 Å². The van der Waals surface area contributed by atoms with Crippen LogP contribution in [-0.2, 0) is 4.79 Å². The third-order valence-electron chi connectivity index (χ3n) is 3.74. The fourth-order valence-electron chi connectivity index (χ4n) is 2.58. The second kappa shape index (κ2) is 4.44. The van der Waals surface area contributed by atoms with E-state index in [1.807, 2.05) is 0 Å². The van der Waals surface area contributed by atoms with Gasteiger partial charge in [-0.3, -0.25) is 10.1 Å². The van der Waals surface area contributed by atoms with Gasteiger partial charge in [-0.05, 0) is 25.0 Å². The number of hydrogen-bond acceptors (Lipinski definition) is 2. The van der Waals surface area contributed by atoms with Crippen LogP contribution in [0.3, 0.4) is 0 Å². The van der Waals surface area contributed by atoms with E-state index in [4.69, 9.17) is 0 Å². The Kier molecular flexibility index (Phi) is 2.97. The number of hydrogen-bond donors (Lipinski definition) is 1. The molecule has 108 valence electrons. The van der Waals surface area contributed by atoms with Crippen LogP contribution in [0.25, 0.3) is 0 Å². The normalized spacial score (nSPS) is 23.9. The Bertz CT molecular complexity index is 559. The van der Waals surface area contributed by atoms with E-state index in [1.54, 1.807) is 0 Å². The molecule has 1 heterocycles. The maximum absolute atomic E-state index is 13.8. The van der Waals surface area contributed by atoms with E-state index in [-0.39, 0.29) is 5.56 Å². The van der Waals surface area contributed by atoms with Gasteiger partial charge in [-0.25, -0.2) is 17.6 Å². The van der Waals surface area contributed by atoms with Crippen molar-refractivity contribution < 1.29 is 22.4 Å². The Morgan fingerprint density at radius 1 is 1.35 bits per heavy atom. The minimum absolute atomic E-state index is 0.00387. The Labute approximate surface area is 112 Å². The van der Waals surface area contributed by atoms with Gasteiger partial charge in [-0.2, -0.15) is 0 Å². The quantitative estimate of drug-likeness (QED) is 0.865. The van der Waals surface area contributed by atoms with Crippen LogP contribution in [0.4, 0.5) is 17.6 Å². The number of rotatable bonds is 3. The average molecular weight is 288 g/mol. The predicted octanol–water partition coefficient (Wildman–Crippen LogP) is 2.19. The molecule has 2 fully saturated rings. The van der Waals surface area contributed by atoms with Gasteiger partial charge in [0, 0.05) is 11.6 Å². The molecule has 1 atom stereocenters. The number of nitrogens with one attached hydrogen (secondary N) is 1. The largest absolute Gasteiger partial charge is 0.315 e. The molecule has 1 spiro atoms. The molecule has 1 N–H and O–H groups in total. The highest BCUT2D eigenvalue weighted by Crippen LogP contribution is 2.46. The summed E-state index contributed by atoms with van der Waals surface area (Å²) in [6.07, 6.45) is -2.59. The van der Waals surface area contributed by atoms with Crippen LogP contribution in [0.2, 0.25) is 0 Å². The van der Waals surface area contributed by atoms with Gasteiger partial charge in [0.15, 0.2) is 0 Å². The number of halogens is 4. The Morgan fingerprint density at radius 2 is 2.05 bits per heavy atom. The molecule has 3 rings (SSSR count). The molecule has 1 aromatic rings. The third kappa shape index (κ3) is 2.06. The zero-order valence-corrected chi connectivity index (χ0v) is 10.4. The van der Waals surface area contributed by atoms with Crippen LogP contribution in [-0.4, -0.2) is 29.3 Å². The van der Waals surface area contributed by atoms with Gasteiger partial charge >= 0.3 is 0 Å². The molecule has 1 saturated carbocycles. The smallest absolute Gasteiger partial charge is 0.255 e. The highest BCUT2D eigenvalue weighted by molar-refractivity contribution is 5.92. The molecule has 20 heavy (non-hydrogen) atoms. The lowest BCUT2D eigenvalue weighted by molar-refractivity contribution is -0.132. The second-order valence-electron chi connectivity index (χ2n) is 5.14. The Balaban J connectivity index is 1.95. The standard InChI is InChI=1S/C13H12F4N2O/c14-7-1-2-8(9(15)5-7)11-18-13(3-4-13)12(20)19(11)6-10(16)17/h1-2,5,10-11,18H,3-4,6H2. The molecular formula is C13H12F4N2O. The first kappa shape index (κ1) is 13.4. The topological polar surface area (TPSA) is 32.3 Å². The Morgan fingerprint density at radius 3 is 2.60 bits per heavy atom. The van der Waals surface area contributed by atoms with E-state index < -0.39 is 42.2 Å². The summed E-state index contributed by atoms with van der Waals surface area (Å²) in [4.78, 5) is 13.1. The fraction of sp³-hybridized carbons (Fsp3) is 0.462. The fourth-order valence-corrected chi connectivity index (χ4v) is 2.58. The Hall–Kier alpha value is -1.63. The average Bonchev–Trinajstić information content (AvgIpc) is 3.09. The van der Waals surface area contributed by atoms with Gasteiger partial charge in [0.2, 0.25) is 5.91 Å². The van der Waals surface area contributed by atoms with Crippen LogP contribution < -0.4 is 5.32 Å². The molecule has 3 nitrogen and oxygen atoms in total. The monoisotopic (exact) mass is 288 g/mol. The maximum Gasteiger partial charge on any atom is 0.255 e. The van der Waals surface area contributed by atoms with Crippen LogP contribution in [0.15, 0.2) is 18.2 Å². The molecule has 1 unspecified atom stereocenters. The summed E-state index contributed by atoms with van der Waals surface area (Å²) < 4.78 is 51.9. The zero-order chi connectivity index (χ0) is 14.5. The molecule has 1 aliphatic carbocycles. The van der Waals surface area contributed by atoms with Gasteiger partial charge in [0.25, 0.3) is 6.43 Å². The van der Waals surface area contributed by atoms with Gasteiger partial charge in [0.1, 0.15) is 23.3 Å². The van der Waals surface area contributed by atoms with Gasteiger partial charge in [-0.15, -0.1) is 0 Å². The number of alkyl halides is 2. The first-order valence-electron chi connectivity index (χ1n) is 6.25. The second-order valence-corrected chi connectivity index (χ2v) is 5.14. The molecule has 1 aliphatic heterocycles. The lowest BCUT2D eigenvalue weighted by Gasteiger charge is -2.24. The van der Waals surface area contributed by atoms with E-state index in [0.29, 0.717) is 18.9 Å². The minimum atomic E-state index is -2.71. The van der Waals surface area contributed by atoms with E-state index in [2.05, 4.69) is 5.32 Å². The molecule has 2 aliphatic rings. The molecule has 1 saturated heterocycles. The predicted molar refractivity (Wildman–Crippen MR) is 61.9 cm³/mol. The molecule has 0 radical (unpaired) electrons. The summed E-state index contributed by atoms with van der Waals surface area (Å²) in [6, 6.07) is 2.90. The third-order valence-corrected chi connectivity index (χ3v) is 3.74. The molecule has 0 aromatic heterocycles. The van der Waals surface area contributed by atoms with Crippen molar-refractivity contribution in [2.45, 2.75) is 31.0 Å². The molecule has 1 aromatic carbocycles. The molecule has 0 bridgehead atoms. The summed E-state index contributed by atoms with van der Waals surface area (Å²) >= 11 is 0. The molecule has 1 amide bonds. The van der Waals surface area contributed by atoms with Crippen LogP contribution >= 0.6 is 0 Å². The van der Waals surface area contributed by atoms with Crippen molar-refractivity contribution in [1.29, 1.82) is 0 Å². The first-order chi connectivity index (χ1) is 9.43. The van der Waals surface area contributed by atoms with Crippen molar-refractivity contribution in [1.82, 2.24) is 10.2 Å². The van der Waals surface area contributed by atoms with Crippen molar-refractivity contribution in [3.05, 3.63) is 35.4 Å². The van der Waals surface area contributed by atoms with Crippen LogP contribution in [0, 0.1) is 11.6 Å². The van der Waals surface area contributed by atoms with E-state index in [9.17, 15) is 22.4 Å². The highest BCUT2D eigenvalue weighted by atomic mass is 19.3. The lowest BCUT2D eigenvalue weighted by Crippen LogP contribution is -2.35. The maximum atomic E-state index is 13.8. The van der Waals surface area contributed by atoms with Crippen molar-refractivity contribution in [3.8, 4) is 0 Å². The summed E-state index contributed by atoms with van der Waals surface area (Å²) in [7, 11) is 0. The summed E-state index contributed by atoms with van der Waals surface area (Å²) in [6.45, 7) is -0.769. The number of nitrogens with zero attached hydrogens (tertiary/aromatic N) is 1. The van der Waals surface area contributed by atoms with E-state index >= 15 is 0 Å². The van der Waals surface area contributed by atoms with E-state index in [0.717, 1.165) is 11.0 Å². The molecular weight excluding hydrogens is 276 g/mol. The number of carbonyl (C=O) groups excluding carboxylic acids is 1. The number of carbonyl (C=O) groups is 1. The SMILES string of the molecule is O=C1N(CC(F)F)C(c2ccc(F)cc2F)NC12CC2. The first-order valence-corrected chi connectivity index (χ1v) is 6.25. The van der Waals surface area contributed by atoms with Crippen LogP contribution in [0.5, 0.6) is 0 Å². The number of benzene rings is 1. The molecule has 7 heteroatoms. The van der Waals surface area contributed by atoms with E-state index in [1.165, 1.54) is 6.07 Å². The van der Waals surface area contributed by atoms with Crippen molar-refractivity contribution in [2.24, 2.45) is 0 Å². The highest BCUT2D eigenvalue weighted by Gasteiger charge is 2.59. The summed E-state index contributed by atoms with van der Waals surface area (Å²) in [5.41, 5.74) is -0.829. The van der Waals surface area contributed by atoms with Gasteiger partial charge in [0.05, 0.1) is 6.54 Å².